The van der Waals surface area contributed by atoms with Crippen LogP contribution >= 0.6 is 27.3 Å². The number of aromatic nitrogens is 1. The number of methoxy groups -OCH3 is 1. The Kier molecular flexibility index (Phi) is 7.75. The van der Waals surface area contributed by atoms with Crippen molar-refractivity contribution in [1.82, 2.24) is 4.57 Å². The normalized spacial score (nSPS) is 15.4. The summed E-state index contributed by atoms with van der Waals surface area (Å²) in [5.74, 6) is 0.113. The van der Waals surface area contributed by atoms with E-state index >= 15 is 0 Å². The lowest BCUT2D eigenvalue weighted by atomic mass is 9.96. The third-order valence-electron chi connectivity index (χ3n) is 5.54. The number of rotatable bonds is 7. The minimum absolute atomic E-state index is 0.171. The standard InChI is InChI=1S/C26H24BrFN2O5S/c1-5-34-23-18(27)11-15(12-19(23)33-4)13-20-24(31)30-22(16-7-9-17(28)10-8-16)21(25(32)35-6-2)14(3)29-26(30)36-20/h7-13,22H,5-6H2,1-4H3/b20-13-/t22-/m0/s1. The summed E-state index contributed by atoms with van der Waals surface area (Å²) in [5, 5.41) is 0. The third kappa shape index (κ3) is 4.87. The van der Waals surface area contributed by atoms with E-state index in [1.165, 1.54) is 28.0 Å². The summed E-state index contributed by atoms with van der Waals surface area (Å²) < 4.78 is 32.6. The van der Waals surface area contributed by atoms with Crippen LogP contribution in [0.5, 0.6) is 11.5 Å². The molecule has 188 valence electrons. The summed E-state index contributed by atoms with van der Waals surface area (Å²) in [5.41, 5.74) is 1.65. The van der Waals surface area contributed by atoms with Crippen LogP contribution in [-0.2, 0) is 9.53 Å². The number of hydrogen-bond acceptors (Lipinski definition) is 7. The minimum atomic E-state index is -0.801. The Bertz CT molecular complexity index is 1530. The van der Waals surface area contributed by atoms with Gasteiger partial charge in [0.1, 0.15) is 5.82 Å². The maximum atomic E-state index is 13.7. The first-order valence-corrected chi connectivity index (χ1v) is 12.8. The first kappa shape index (κ1) is 25.8. The van der Waals surface area contributed by atoms with Crippen molar-refractivity contribution in [2.24, 2.45) is 4.99 Å². The van der Waals surface area contributed by atoms with Crippen molar-refractivity contribution in [3.63, 3.8) is 0 Å². The van der Waals surface area contributed by atoms with E-state index in [1.54, 1.807) is 45.2 Å². The molecule has 0 spiro atoms. The molecule has 1 aliphatic heterocycles. The van der Waals surface area contributed by atoms with Crippen LogP contribution < -0.4 is 24.4 Å². The Hall–Kier alpha value is -3.24. The van der Waals surface area contributed by atoms with E-state index in [0.29, 0.717) is 48.7 Å². The van der Waals surface area contributed by atoms with Crippen molar-refractivity contribution in [2.45, 2.75) is 26.8 Å². The fraction of sp³-hybridized carbons (Fsp3) is 0.269. The molecule has 4 rings (SSSR count). The molecule has 0 aliphatic carbocycles. The van der Waals surface area contributed by atoms with Gasteiger partial charge in [-0.1, -0.05) is 23.5 Å². The fourth-order valence-electron chi connectivity index (χ4n) is 4.01. The topological polar surface area (TPSA) is 79.1 Å². The van der Waals surface area contributed by atoms with Gasteiger partial charge in [-0.15, -0.1) is 0 Å². The molecule has 0 radical (unpaired) electrons. The molecule has 1 atom stereocenters. The first-order valence-electron chi connectivity index (χ1n) is 11.2. The Morgan fingerprint density at radius 3 is 2.58 bits per heavy atom. The molecule has 0 bridgehead atoms. The molecular weight excluding hydrogens is 551 g/mol. The van der Waals surface area contributed by atoms with Crippen molar-refractivity contribution in [1.29, 1.82) is 0 Å². The average Bonchev–Trinajstić information content (AvgIpc) is 3.14. The Morgan fingerprint density at radius 2 is 1.94 bits per heavy atom. The summed E-state index contributed by atoms with van der Waals surface area (Å²) >= 11 is 4.71. The molecule has 0 amide bonds. The van der Waals surface area contributed by atoms with Crippen LogP contribution in [-0.4, -0.2) is 30.9 Å². The van der Waals surface area contributed by atoms with Gasteiger partial charge in [0.2, 0.25) is 0 Å². The molecule has 2 aromatic carbocycles. The molecule has 0 saturated carbocycles. The van der Waals surface area contributed by atoms with Gasteiger partial charge in [0, 0.05) is 0 Å². The molecule has 10 heteroatoms. The summed E-state index contributed by atoms with van der Waals surface area (Å²) in [6.07, 6.45) is 1.73. The maximum Gasteiger partial charge on any atom is 0.338 e. The zero-order chi connectivity index (χ0) is 26.0. The minimum Gasteiger partial charge on any atom is -0.493 e. The van der Waals surface area contributed by atoms with Crippen molar-refractivity contribution in [3.8, 4) is 11.5 Å². The van der Waals surface area contributed by atoms with Crippen LogP contribution in [0.25, 0.3) is 6.08 Å². The number of halogens is 2. The monoisotopic (exact) mass is 574 g/mol. The van der Waals surface area contributed by atoms with Gasteiger partial charge >= 0.3 is 5.97 Å². The van der Waals surface area contributed by atoms with Gasteiger partial charge in [-0.2, -0.15) is 0 Å². The van der Waals surface area contributed by atoms with Crippen molar-refractivity contribution in [3.05, 3.63) is 88.8 Å². The first-order chi connectivity index (χ1) is 17.3. The van der Waals surface area contributed by atoms with Gasteiger partial charge in [0.15, 0.2) is 16.3 Å². The number of esters is 1. The lowest BCUT2D eigenvalue weighted by Crippen LogP contribution is -2.39. The fourth-order valence-corrected chi connectivity index (χ4v) is 5.63. The zero-order valence-corrected chi connectivity index (χ0v) is 22.5. The van der Waals surface area contributed by atoms with Crippen LogP contribution in [0, 0.1) is 5.82 Å². The number of fused-ring (bicyclic) bond motifs is 1. The second-order valence-corrected chi connectivity index (χ2v) is 9.68. The highest BCUT2D eigenvalue weighted by Crippen LogP contribution is 2.37. The summed E-state index contributed by atoms with van der Waals surface area (Å²) in [6, 6.07) is 8.52. The lowest BCUT2D eigenvalue weighted by Gasteiger charge is -2.24. The third-order valence-corrected chi connectivity index (χ3v) is 7.11. The molecule has 1 aliphatic rings. The van der Waals surface area contributed by atoms with E-state index in [0.717, 1.165) is 0 Å². The SMILES string of the molecule is CCOC(=O)C1=C(C)N=c2s/c(=C\c3cc(Br)c(OCC)c(OC)c3)c(=O)n2[C@H]1c1ccc(F)cc1. The van der Waals surface area contributed by atoms with E-state index < -0.39 is 17.8 Å². The number of ether oxygens (including phenoxy) is 3. The van der Waals surface area contributed by atoms with Crippen LogP contribution in [0.1, 0.15) is 37.9 Å². The zero-order valence-electron chi connectivity index (χ0n) is 20.1. The molecule has 36 heavy (non-hydrogen) atoms. The quantitative estimate of drug-likeness (QED) is 0.397. The highest BCUT2D eigenvalue weighted by molar-refractivity contribution is 9.10. The van der Waals surface area contributed by atoms with Gasteiger partial charge in [-0.3, -0.25) is 9.36 Å². The molecule has 3 aromatic rings. The van der Waals surface area contributed by atoms with Crippen molar-refractivity contribution >= 4 is 39.3 Å². The second kappa shape index (κ2) is 10.8. The number of carbonyl (C=O) groups excluding carboxylic acids is 1. The Labute approximate surface area is 219 Å². The van der Waals surface area contributed by atoms with E-state index in [1.807, 2.05) is 13.0 Å². The summed E-state index contributed by atoms with van der Waals surface area (Å²) in [6.45, 7) is 5.93. The highest BCUT2D eigenvalue weighted by atomic mass is 79.9. The number of thiazole rings is 1. The molecule has 1 aromatic heterocycles. The van der Waals surface area contributed by atoms with E-state index in [-0.39, 0.29) is 17.7 Å². The van der Waals surface area contributed by atoms with E-state index in [9.17, 15) is 14.0 Å². The highest BCUT2D eigenvalue weighted by Gasteiger charge is 2.33. The molecule has 0 fully saturated rings. The van der Waals surface area contributed by atoms with Gasteiger partial charge in [0.25, 0.3) is 5.56 Å². The maximum absolute atomic E-state index is 13.7. The van der Waals surface area contributed by atoms with Gasteiger partial charge in [-0.25, -0.2) is 14.2 Å². The Morgan fingerprint density at radius 1 is 1.22 bits per heavy atom. The van der Waals surface area contributed by atoms with E-state index in [4.69, 9.17) is 14.2 Å². The predicted molar refractivity (Wildman–Crippen MR) is 139 cm³/mol. The number of benzene rings is 2. The lowest BCUT2D eigenvalue weighted by molar-refractivity contribution is -0.139. The smallest absolute Gasteiger partial charge is 0.338 e. The van der Waals surface area contributed by atoms with Crippen molar-refractivity contribution < 1.29 is 23.4 Å². The van der Waals surface area contributed by atoms with Gasteiger partial charge in [0.05, 0.1) is 46.6 Å². The summed E-state index contributed by atoms with van der Waals surface area (Å²) in [7, 11) is 1.55. The van der Waals surface area contributed by atoms with E-state index in [2.05, 4.69) is 20.9 Å². The average molecular weight is 575 g/mol. The molecule has 0 N–H and O–H groups in total. The van der Waals surface area contributed by atoms with Crippen LogP contribution in [0.3, 0.4) is 0 Å². The molecule has 2 heterocycles. The largest absolute Gasteiger partial charge is 0.493 e. The van der Waals surface area contributed by atoms with Crippen LogP contribution in [0.4, 0.5) is 4.39 Å². The van der Waals surface area contributed by atoms with Crippen molar-refractivity contribution in [2.75, 3.05) is 20.3 Å². The number of hydrogen-bond donors (Lipinski definition) is 0. The molecule has 0 saturated heterocycles. The van der Waals surface area contributed by atoms with Crippen LogP contribution in [0.15, 0.2) is 61.9 Å². The number of carbonyl (C=O) groups is 1. The van der Waals surface area contributed by atoms with Gasteiger partial charge in [-0.05, 0) is 78.2 Å². The number of nitrogens with zero attached hydrogens (tertiary/aromatic N) is 2. The molecule has 7 nitrogen and oxygen atoms in total. The van der Waals surface area contributed by atoms with Gasteiger partial charge < -0.3 is 14.2 Å². The second-order valence-electron chi connectivity index (χ2n) is 7.82. The Balaban J connectivity index is 1.92. The predicted octanol–water partition coefficient (Wildman–Crippen LogP) is 4.11. The molecular formula is C26H24BrFN2O5S. The summed E-state index contributed by atoms with van der Waals surface area (Å²) in [4.78, 5) is 31.6. The van der Waals surface area contributed by atoms with Crippen LogP contribution in [0.2, 0.25) is 0 Å². The molecule has 0 unspecified atom stereocenters. The number of allylic oxidation sites excluding steroid dienone is 1.